The van der Waals surface area contributed by atoms with Gasteiger partial charge in [0.25, 0.3) is 11.7 Å². The Balaban J connectivity index is 1.93. The van der Waals surface area contributed by atoms with Gasteiger partial charge in [0.2, 0.25) is 0 Å². The van der Waals surface area contributed by atoms with E-state index in [4.69, 9.17) is 0 Å². The first-order chi connectivity index (χ1) is 15.3. The Morgan fingerprint density at radius 2 is 1.72 bits per heavy atom. The number of nitrogens with zero attached hydrogens (tertiary/aromatic N) is 2. The van der Waals surface area contributed by atoms with Crippen LogP contribution in [0.15, 0.2) is 72.4 Å². The second-order valence-corrected chi connectivity index (χ2v) is 8.49. The molecule has 1 saturated heterocycles. The number of amides is 1. The number of aliphatic hydroxyl groups is 1. The van der Waals surface area contributed by atoms with E-state index < -0.39 is 17.7 Å². The lowest BCUT2D eigenvalue weighted by Crippen LogP contribution is -2.29. The molecular weight excluding hydrogens is 400 g/mol. The fraction of sp³-hybridized carbons (Fsp3) is 0.222. The van der Waals surface area contributed by atoms with Crippen molar-refractivity contribution in [1.82, 2.24) is 4.98 Å². The van der Waals surface area contributed by atoms with Crippen molar-refractivity contribution in [3.05, 3.63) is 100 Å². The zero-order valence-electron chi connectivity index (χ0n) is 18.7. The number of aromatic nitrogens is 1. The molecule has 1 aliphatic heterocycles. The lowest BCUT2D eigenvalue weighted by Gasteiger charge is -2.25. The summed E-state index contributed by atoms with van der Waals surface area (Å²) >= 11 is 0. The largest absolute Gasteiger partial charge is 0.507 e. The fourth-order valence-corrected chi connectivity index (χ4v) is 4.07. The molecule has 4 rings (SSSR count). The van der Waals surface area contributed by atoms with Crippen LogP contribution in [0.1, 0.15) is 53.8 Å². The van der Waals surface area contributed by atoms with E-state index in [1.807, 2.05) is 62.4 Å². The van der Waals surface area contributed by atoms with Crippen LogP contribution < -0.4 is 4.90 Å². The zero-order valence-corrected chi connectivity index (χ0v) is 18.7. The Hall–Kier alpha value is -3.73. The number of carbonyl (C=O) groups excluding carboxylic acids is 2. The quantitative estimate of drug-likeness (QED) is 0.342. The number of rotatable bonds is 4. The molecule has 0 aliphatic carbocycles. The Labute approximate surface area is 188 Å². The van der Waals surface area contributed by atoms with Crippen molar-refractivity contribution in [2.45, 2.75) is 39.7 Å². The average molecular weight is 427 g/mol. The lowest BCUT2D eigenvalue weighted by atomic mass is 9.95. The Bertz CT molecular complexity index is 1210. The molecule has 3 aromatic rings. The third kappa shape index (κ3) is 3.71. The highest BCUT2D eigenvalue weighted by Crippen LogP contribution is 2.42. The van der Waals surface area contributed by atoms with Crippen molar-refractivity contribution in [2.24, 2.45) is 0 Å². The number of ketones is 1. The predicted molar refractivity (Wildman–Crippen MR) is 125 cm³/mol. The third-order valence-corrected chi connectivity index (χ3v) is 5.90. The molecule has 1 unspecified atom stereocenters. The number of anilines is 1. The van der Waals surface area contributed by atoms with E-state index in [1.165, 1.54) is 4.90 Å². The van der Waals surface area contributed by atoms with E-state index in [0.717, 1.165) is 16.7 Å². The van der Waals surface area contributed by atoms with Crippen LogP contribution >= 0.6 is 0 Å². The van der Waals surface area contributed by atoms with E-state index in [9.17, 15) is 14.7 Å². The summed E-state index contributed by atoms with van der Waals surface area (Å²) in [6.07, 6.45) is 1.62. The van der Waals surface area contributed by atoms with Gasteiger partial charge in [0.05, 0.1) is 11.3 Å². The van der Waals surface area contributed by atoms with Crippen LogP contribution in [0.4, 0.5) is 5.69 Å². The standard InChI is InChI=1S/C27H26N2O3/c1-16(2)19-10-12-20(13-11-19)29-24(22-7-5-6-14-28-22)23(26(31)27(29)32)25(30)21-15-17(3)8-9-18(21)4/h5-16,24,30H,1-4H3/b25-23+. The molecule has 1 N–H and O–H groups in total. The molecular formula is C27H26N2O3. The number of benzene rings is 2. The lowest BCUT2D eigenvalue weighted by molar-refractivity contribution is -0.132. The summed E-state index contributed by atoms with van der Waals surface area (Å²) in [4.78, 5) is 32.3. The van der Waals surface area contributed by atoms with Crippen molar-refractivity contribution in [3.8, 4) is 0 Å². The minimum atomic E-state index is -0.819. The number of aryl methyl sites for hydroxylation is 2. The summed E-state index contributed by atoms with van der Waals surface area (Å²) in [5, 5.41) is 11.3. The number of hydrogen-bond acceptors (Lipinski definition) is 4. The Kier molecular flexibility index (Phi) is 5.66. The van der Waals surface area contributed by atoms with Crippen LogP contribution in [-0.4, -0.2) is 21.8 Å². The molecule has 32 heavy (non-hydrogen) atoms. The zero-order chi connectivity index (χ0) is 23.0. The fourth-order valence-electron chi connectivity index (χ4n) is 4.07. The van der Waals surface area contributed by atoms with Gasteiger partial charge in [-0.3, -0.25) is 19.5 Å². The van der Waals surface area contributed by atoms with Crippen molar-refractivity contribution in [2.75, 3.05) is 4.90 Å². The minimum absolute atomic E-state index is 0.0512. The molecule has 1 atom stereocenters. The molecule has 0 bridgehead atoms. The van der Waals surface area contributed by atoms with E-state index in [1.54, 1.807) is 18.3 Å². The van der Waals surface area contributed by atoms with Gasteiger partial charge in [-0.2, -0.15) is 0 Å². The van der Waals surface area contributed by atoms with Crippen LogP contribution in [0.5, 0.6) is 0 Å². The first kappa shape index (κ1) is 21.5. The van der Waals surface area contributed by atoms with Crippen molar-refractivity contribution >= 4 is 23.1 Å². The summed E-state index contributed by atoms with van der Waals surface area (Å²) < 4.78 is 0. The molecule has 2 aromatic carbocycles. The first-order valence-corrected chi connectivity index (χ1v) is 10.7. The van der Waals surface area contributed by atoms with Gasteiger partial charge in [-0.15, -0.1) is 0 Å². The summed E-state index contributed by atoms with van der Waals surface area (Å²) in [7, 11) is 0. The van der Waals surface area contributed by atoms with Gasteiger partial charge in [0.15, 0.2) is 0 Å². The van der Waals surface area contributed by atoms with Gasteiger partial charge in [0.1, 0.15) is 11.8 Å². The first-order valence-electron chi connectivity index (χ1n) is 10.7. The normalized spacial score (nSPS) is 17.9. The van der Waals surface area contributed by atoms with Crippen molar-refractivity contribution in [1.29, 1.82) is 0 Å². The molecule has 0 saturated carbocycles. The van der Waals surface area contributed by atoms with Crippen molar-refractivity contribution < 1.29 is 14.7 Å². The van der Waals surface area contributed by atoms with Gasteiger partial charge >= 0.3 is 0 Å². The summed E-state index contributed by atoms with van der Waals surface area (Å²) in [5.74, 6) is -1.23. The van der Waals surface area contributed by atoms with Crippen LogP contribution in [0.25, 0.3) is 5.76 Å². The van der Waals surface area contributed by atoms with E-state index in [0.29, 0.717) is 22.9 Å². The smallest absolute Gasteiger partial charge is 0.300 e. The molecule has 162 valence electrons. The number of aliphatic hydroxyl groups excluding tert-OH is 1. The molecule has 0 spiro atoms. The van der Waals surface area contributed by atoms with Crippen LogP contribution in [0.3, 0.4) is 0 Å². The molecule has 0 radical (unpaired) electrons. The number of pyridine rings is 1. The highest BCUT2D eigenvalue weighted by Gasteiger charge is 2.47. The molecule has 5 heteroatoms. The summed E-state index contributed by atoms with van der Waals surface area (Å²) in [5.41, 5.74) is 4.61. The Morgan fingerprint density at radius 1 is 1.00 bits per heavy atom. The highest BCUT2D eigenvalue weighted by atomic mass is 16.3. The van der Waals surface area contributed by atoms with Gasteiger partial charge in [-0.25, -0.2) is 0 Å². The molecule has 1 amide bonds. The molecule has 2 heterocycles. The molecule has 5 nitrogen and oxygen atoms in total. The Morgan fingerprint density at radius 3 is 2.34 bits per heavy atom. The number of carbonyl (C=O) groups is 2. The van der Waals surface area contributed by atoms with E-state index in [-0.39, 0.29) is 11.3 Å². The SMILES string of the molecule is Cc1ccc(C)c(/C(O)=C2\C(=O)C(=O)N(c3ccc(C(C)C)cc3)C2c2ccccn2)c1. The van der Waals surface area contributed by atoms with Crippen LogP contribution in [0, 0.1) is 13.8 Å². The van der Waals surface area contributed by atoms with Gasteiger partial charge in [-0.1, -0.05) is 49.7 Å². The van der Waals surface area contributed by atoms with Crippen LogP contribution in [-0.2, 0) is 9.59 Å². The molecule has 1 aliphatic rings. The average Bonchev–Trinajstić information content (AvgIpc) is 3.06. The monoisotopic (exact) mass is 426 g/mol. The highest BCUT2D eigenvalue weighted by molar-refractivity contribution is 6.51. The van der Waals surface area contributed by atoms with Crippen molar-refractivity contribution in [3.63, 3.8) is 0 Å². The maximum absolute atomic E-state index is 13.2. The maximum atomic E-state index is 13.2. The predicted octanol–water partition coefficient (Wildman–Crippen LogP) is 5.45. The topological polar surface area (TPSA) is 70.5 Å². The molecule has 1 aromatic heterocycles. The second kappa shape index (κ2) is 8.42. The summed E-state index contributed by atoms with van der Waals surface area (Å²) in [6, 6.07) is 17.8. The number of hydrogen-bond donors (Lipinski definition) is 1. The number of Topliss-reactive ketones (excluding diaryl/α,β-unsaturated/α-hetero) is 1. The van der Waals surface area contributed by atoms with E-state index in [2.05, 4.69) is 18.8 Å². The van der Waals surface area contributed by atoms with Gasteiger partial charge in [-0.05, 0) is 61.2 Å². The molecule has 1 fully saturated rings. The minimum Gasteiger partial charge on any atom is -0.507 e. The van der Waals surface area contributed by atoms with E-state index >= 15 is 0 Å². The van der Waals surface area contributed by atoms with Gasteiger partial charge < -0.3 is 5.11 Å². The summed E-state index contributed by atoms with van der Waals surface area (Å²) in [6.45, 7) is 7.98. The second-order valence-electron chi connectivity index (χ2n) is 8.49. The third-order valence-electron chi connectivity index (χ3n) is 5.90. The maximum Gasteiger partial charge on any atom is 0.300 e. The van der Waals surface area contributed by atoms with Gasteiger partial charge in [0, 0.05) is 17.4 Å². The van der Waals surface area contributed by atoms with Crippen LogP contribution in [0.2, 0.25) is 0 Å².